The Morgan fingerprint density at radius 2 is 1.96 bits per heavy atom. The maximum Gasteiger partial charge on any atom is 0.267 e. The normalized spacial score (nSPS) is 10.8. The van der Waals surface area contributed by atoms with E-state index in [9.17, 15) is 10.1 Å². The van der Waals surface area contributed by atoms with Crippen LogP contribution in [0.3, 0.4) is 0 Å². The summed E-state index contributed by atoms with van der Waals surface area (Å²) in [6.07, 6.45) is 1.38. The molecule has 2 rings (SSSR count). The summed E-state index contributed by atoms with van der Waals surface area (Å²) in [5, 5.41) is 15.0. The molecule has 0 aliphatic carbocycles. The molecule has 5 nitrogen and oxygen atoms in total. The third-order valence-electron chi connectivity index (χ3n) is 3.53. The predicted molar refractivity (Wildman–Crippen MR) is 108 cm³/mol. The summed E-state index contributed by atoms with van der Waals surface area (Å²) in [4.78, 5) is 12.3. The Kier molecular flexibility index (Phi) is 6.42. The van der Waals surface area contributed by atoms with E-state index in [1.54, 1.807) is 7.11 Å². The van der Waals surface area contributed by atoms with E-state index in [-0.39, 0.29) is 5.57 Å². The summed E-state index contributed by atoms with van der Waals surface area (Å²) < 4.78 is 6.35. The SMILES string of the molecule is COc1ccc(C)cc1N/C=C(/C#N)C(=O)Nc1ccc(I)cc1C. The van der Waals surface area contributed by atoms with Crippen molar-refractivity contribution in [2.24, 2.45) is 0 Å². The number of rotatable bonds is 5. The smallest absolute Gasteiger partial charge is 0.267 e. The second-order valence-corrected chi connectivity index (χ2v) is 6.68. The van der Waals surface area contributed by atoms with Gasteiger partial charge >= 0.3 is 0 Å². The molecule has 0 saturated carbocycles. The van der Waals surface area contributed by atoms with Crippen molar-refractivity contribution < 1.29 is 9.53 Å². The molecule has 0 atom stereocenters. The molecule has 0 saturated heterocycles. The van der Waals surface area contributed by atoms with Gasteiger partial charge in [0.25, 0.3) is 5.91 Å². The molecule has 2 aromatic rings. The molecular weight excluding hydrogens is 429 g/mol. The van der Waals surface area contributed by atoms with Crippen LogP contribution >= 0.6 is 22.6 Å². The number of ether oxygens (including phenoxy) is 1. The molecule has 2 N–H and O–H groups in total. The van der Waals surface area contributed by atoms with Crippen molar-refractivity contribution in [1.29, 1.82) is 5.26 Å². The van der Waals surface area contributed by atoms with E-state index in [0.29, 0.717) is 17.1 Å². The zero-order valence-electron chi connectivity index (χ0n) is 14.2. The number of nitrogens with zero attached hydrogens (tertiary/aromatic N) is 1. The Labute approximate surface area is 160 Å². The molecule has 6 heteroatoms. The maximum absolute atomic E-state index is 12.3. The lowest BCUT2D eigenvalue weighted by atomic mass is 10.2. The van der Waals surface area contributed by atoms with Crippen molar-refractivity contribution in [2.45, 2.75) is 13.8 Å². The minimum absolute atomic E-state index is 0.0264. The van der Waals surface area contributed by atoms with Gasteiger partial charge in [-0.05, 0) is 77.9 Å². The van der Waals surface area contributed by atoms with Crippen LogP contribution in [0.4, 0.5) is 11.4 Å². The van der Waals surface area contributed by atoms with Crippen LogP contribution in [-0.2, 0) is 4.79 Å². The molecule has 0 fully saturated rings. The molecule has 0 heterocycles. The number of hydrogen-bond donors (Lipinski definition) is 2. The lowest BCUT2D eigenvalue weighted by Gasteiger charge is -2.10. The van der Waals surface area contributed by atoms with E-state index in [4.69, 9.17) is 4.74 Å². The molecule has 0 aromatic heterocycles. The van der Waals surface area contributed by atoms with Crippen LogP contribution in [0.5, 0.6) is 5.75 Å². The number of nitriles is 1. The Hall–Kier alpha value is -2.53. The standard InChI is InChI=1S/C19H18IN3O2/c1-12-4-7-18(25-3)17(8-12)22-11-14(10-21)19(24)23-16-6-5-15(20)9-13(16)2/h4-9,11,22H,1-3H3,(H,23,24)/b14-11-. The third-order valence-corrected chi connectivity index (χ3v) is 4.20. The lowest BCUT2D eigenvalue weighted by Crippen LogP contribution is -2.15. The summed E-state index contributed by atoms with van der Waals surface area (Å²) in [6, 6.07) is 13.2. The summed E-state index contributed by atoms with van der Waals surface area (Å²) >= 11 is 2.21. The average molecular weight is 447 g/mol. The highest BCUT2D eigenvalue weighted by Gasteiger charge is 2.11. The summed E-state index contributed by atoms with van der Waals surface area (Å²) in [6.45, 7) is 3.86. The van der Waals surface area contributed by atoms with E-state index in [1.807, 2.05) is 56.3 Å². The van der Waals surface area contributed by atoms with Crippen LogP contribution in [0.2, 0.25) is 0 Å². The maximum atomic E-state index is 12.3. The predicted octanol–water partition coefficient (Wildman–Crippen LogP) is 4.37. The second-order valence-electron chi connectivity index (χ2n) is 5.43. The Morgan fingerprint density at radius 3 is 2.60 bits per heavy atom. The third kappa shape index (κ3) is 4.97. The number of benzene rings is 2. The van der Waals surface area contributed by atoms with Crippen LogP contribution in [0.25, 0.3) is 0 Å². The van der Waals surface area contributed by atoms with Crippen LogP contribution < -0.4 is 15.4 Å². The van der Waals surface area contributed by atoms with Gasteiger partial charge in [-0.2, -0.15) is 5.26 Å². The van der Waals surface area contributed by atoms with Crippen molar-refractivity contribution in [2.75, 3.05) is 17.7 Å². The molecule has 25 heavy (non-hydrogen) atoms. The van der Waals surface area contributed by atoms with Crippen molar-refractivity contribution in [1.82, 2.24) is 0 Å². The first-order chi connectivity index (χ1) is 11.9. The lowest BCUT2D eigenvalue weighted by molar-refractivity contribution is -0.112. The van der Waals surface area contributed by atoms with Gasteiger partial charge in [0, 0.05) is 15.5 Å². The largest absolute Gasteiger partial charge is 0.495 e. The van der Waals surface area contributed by atoms with E-state index < -0.39 is 5.91 Å². The molecule has 1 amide bonds. The molecule has 128 valence electrons. The van der Waals surface area contributed by atoms with Gasteiger partial charge in [0.05, 0.1) is 12.8 Å². The number of anilines is 2. The summed E-state index contributed by atoms with van der Waals surface area (Å²) in [5.41, 5.74) is 3.31. The first-order valence-electron chi connectivity index (χ1n) is 7.53. The van der Waals surface area contributed by atoms with Gasteiger partial charge in [0.1, 0.15) is 17.4 Å². The molecule has 0 radical (unpaired) electrons. The van der Waals surface area contributed by atoms with E-state index in [0.717, 1.165) is 14.7 Å². The molecule has 0 aliphatic rings. The Morgan fingerprint density at radius 1 is 1.20 bits per heavy atom. The number of halogens is 1. The van der Waals surface area contributed by atoms with Gasteiger partial charge in [-0.1, -0.05) is 6.07 Å². The van der Waals surface area contributed by atoms with Gasteiger partial charge in [-0.3, -0.25) is 4.79 Å². The van der Waals surface area contributed by atoms with Crippen molar-refractivity contribution in [3.8, 4) is 11.8 Å². The Balaban J connectivity index is 2.18. The van der Waals surface area contributed by atoms with Gasteiger partial charge in [0.2, 0.25) is 0 Å². The van der Waals surface area contributed by atoms with Crippen molar-refractivity contribution in [3.05, 3.63) is 62.9 Å². The molecule has 0 aliphatic heterocycles. The Bertz CT molecular complexity index is 869. The first-order valence-corrected chi connectivity index (χ1v) is 8.61. The van der Waals surface area contributed by atoms with Gasteiger partial charge in [-0.15, -0.1) is 0 Å². The highest BCUT2D eigenvalue weighted by atomic mass is 127. The summed E-state index contributed by atoms with van der Waals surface area (Å²) in [5.74, 6) is 0.166. The number of nitrogens with one attached hydrogen (secondary N) is 2. The van der Waals surface area contributed by atoms with E-state index in [1.165, 1.54) is 6.20 Å². The van der Waals surface area contributed by atoms with Crippen LogP contribution in [0.1, 0.15) is 11.1 Å². The molecular formula is C19H18IN3O2. The fourth-order valence-corrected chi connectivity index (χ4v) is 2.84. The van der Waals surface area contributed by atoms with Crippen molar-refractivity contribution >= 4 is 39.9 Å². The number of carbonyl (C=O) groups is 1. The van der Waals surface area contributed by atoms with Gasteiger partial charge in [-0.25, -0.2) is 0 Å². The molecule has 2 aromatic carbocycles. The molecule has 0 spiro atoms. The van der Waals surface area contributed by atoms with Gasteiger partial charge < -0.3 is 15.4 Å². The number of methoxy groups -OCH3 is 1. The number of hydrogen-bond acceptors (Lipinski definition) is 4. The number of amides is 1. The fraction of sp³-hybridized carbons (Fsp3) is 0.158. The topological polar surface area (TPSA) is 74.1 Å². The monoisotopic (exact) mass is 447 g/mol. The second kappa shape index (κ2) is 8.53. The minimum atomic E-state index is -0.467. The highest BCUT2D eigenvalue weighted by Crippen LogP contribution is 2.25. The van der Waals surface area contributed by atoms with E-state index >= 15 is 0 Å². The average Bonchev–Trinajstić information content (AvgIpc) is 2.58. The summed E-state index contributed by atoms with van der Waals surface area (Å²) in [7, 11) is 1.57. The zero-order valence-corrected chi connectivity index (χ0v) is 16.3. The first kappa shape index (κ1) is 18.8. The fourth-order valence-electron chi connectivity index (χ4n) is 2.19. The minimum Gasteiger partial charge on any atom is -0.495 e. The quantitative estimate of drug-likeness (QED) is 0.406. The van der Waals surface area contributed by atoms with Gasteiger partial charge in [0.15, 0.2) is 0 Å². The number of aryl methyl sites for hydroxylation is 2. The molecule has 0 unspecified atom stereocenters. The van der Waals surface area contributed by atoms with Crippen LogP contribution in [0, 0.1) is 28.7 Å². The van der Waals surface area contributed by atoms with Crippen molar-refractivity contribution in [3.63, 3.8) is 0 Å². The van der Waals surface area contributed by atoms with Crippen LogP contribution in [-0.4, -0.2) is 13.0 Å². The molecule has 0 bridgehead atoms. The van der Waals surface area contributed by atoms with Crippen LogP contribution in [0.15, 0.2) is 48.2 Å². The highest BCUT2D eigenvalue weighted by molar-refractivity contribution is 14.1. The number of carbonyl (C=O) groups excluding carboxylic acids is 1. The van der Waals surface area contributed by atoms with E-state index in [2.05, 4.69) is 33.2 Å². The zero-order chi connectivity index (χ0) is 18.4.